The van der Waals surface area contributed by atoms with Crippen LogP contribution in [0.5, 0.6) is 23.0 Å². The normalized spacial score (nSPS) is 15.5. The van der Waals surface area contributed by atoms with Crippen LogP contribution in [0.3, 0.4) is 0 Å². The Kier molecular flexibility index (Phi) is 10.8. The van der Waals surface area contributed by atoms with Gasteiger partial charge in [0.15, 0.2) is 0 Å². The first-order valence-electron chi connectivity index (χ1n) is 18.3. The van der Waals surface area contributed by atoms with E-state index in [9.17, 15) is 20.4 Å². The molecule has 0 spiro atoms. The molecule has 4 nitrogen and oxygen atoms in total. The highest BCUT2D eigenvalue weighted by molar-refractivity contribution is 5.58. The van der Waals surface area contributed by atoms with Crippen molar-refractivity contribution in [1.82, 2.24) is 0 Å². The minimum Gasteiger partial charge on any atom is -0.507 e. The lowest BCUT2D eigenvalue weighted by Gasteiger charge is -2.22. The standard InChI is InChI=1S/C44H56O4/c1-9-25(5)29-13-33-21-35-15-30(26(6)10-2)17-37(42(35)46)23-39-19-32(28(8)12-4)20-40(44(39)48)24-38-18-31(27(7)11-3)16-36(43(38)47)22-34(14-29)41(33)45/h13-20,25-28,45-48H,9-12,21-24H2,1-8H3/t25-,26-,27+,28+. The number of phenolic OH excluding ortho intramolecular Hbond substituents is 4. The fourth-order valence-electron chi connectivity index (χ4n) is 7.13. The number of hydrogen-bond donors (Lipinski definition) is 4. The second kappa shape index (κ2) is 14.7. The fraction of sp³-hybridized carbons (Fsp3) is 0.455. The maximum Gasteiger partial charge on any atom is 0.122 e. The predicted molar refractivity (Wildman–Crippen MR) is 198 cm³/mol. The van der Waals surface area contributed by atoms with Gasteiger partial charge in [0, 0.05) is 25.7 Å². The lowest BCUT2D eigenvalue weighted by Crippen LogP contribution is -2.06. The first kappa shape index (κ1) is 35.4. The summed E-state index contributed by atoms with van der Waals surface area (Å²) in [7, 11) is 0. The third kappa shape index (κ3) is 7.09. The first-order chi connectivity index (χ1) is 22.9. The number of benzene rings is 4. The van der Waals surface area contributed by atoms with Crippen molar-refractivity contribution in [3.05, 3.63) is 115 Å². The Hall–Kier alpha value is -3.92. The van der Waals surface area contributed by atoms with E-state index in [1.807, 2.05) is 0 Å². The van der Waals surface area contributed by atoms with E-state index in [0.717, 1.165) is 92.4 Å². The summed E-state index contributed by atoms with van der Waals surface area (Å²) in [4.78, 5) is 0. The zero-order valence-corrected chi connectivity index (χ0v) is 30.4. The van der Waals surface area contributed by atoms with E-state index in [0.29, 0.717) is 25.7 Å². The van der Waals surface area contributed by atoms with E-state index >= 15 is 0 Å². The molecule has 1 aliphatic rings. The Morgan fingerprint density at radius 3 is 0.625 bits per heavy atom. The van der Waals surface area contributed by atoms with E-state index in [1.165, 1.54) is 0 Å². The third-order valence-corrected chi connectivity index (χ3v) is 11.4. The molecule has 4 aromatic rings. The second-order valence-corrected chi connectivity index (χ2v) is 14.7. The Bertz CT molecular complexity index is 1430. The van der Waals surface area contributed by atoms with Gasteiger partial charge in [0.2, 0.25) is 0 Å². The van der Waals surface area contributed by atoms with E-state index in [1.54, 1.807) is 0 Å². The molecular formula is C44H56O4. The molecule has 0 saturated carbocycles. The molecule has 0 aliphatic heterocycles. The molecule has 0 heterocycles. The van der Waals surface area contributed by atoms with Crippen LogP contribution in [0.4, 0.5) is 0 Å². The molecular weight excluding hydrogens is 592 g/mol. The lowest BCUT2D eigenvalue weighted by atomic mass is 9.84. The van der Waals surface area contributed by atoms with E-state index < -0.39 is 0 Å². The Labute approximate surface area is 288 Å². The van der Waals surface area contributed by atoms with Crippen LogP contribution in [0.2, 0.25) is 0 Å². The molecule has 48 heavy (non-hydrogen) atoms. The molecule has 1 aliphatic carbocycles. The summed E-state index contributed by atoms with van der Waals surface area (Å²) in [5.74, 6) is 2.03. The van der Waals surface area contributed by atoms with Gasteiger partial charge >= 0.3 is 0 Å². The molecule has 0 saturated heterocycles. The average Bonchev–Trinajstić information content (AvgIpc) is 3.08. The van der Waals surface area contributed by atoms with Crippen molar-refractivity contribution in [3.63, 3.8) is 0 Å². The minimum atomic E-state index is 0.222. The van der Waals surface area contributed by atoms with E-state index in [-0.39, 0.29) is 46.7 Å². The molecule has 0 radical (unpaired) electrons. The molecule has 4 atom stereocenters. The summed E-state index contributed by atoms with van der Waals surface area (Å²) in [6.45, 7) is 17.5. The van der Waals surface area contributed by atoms with Crippen molar-refractivity contribution >= 4 is 0 Å². The highest BCUT2D eigenvalue weighted by Crippen LogP contribution is 2.42. The van der Waals surface area contributed by atoms with Gasteiger partial charge in [0.05, 0.1) is 0 Å². The number of aromatic hydroxyl groups is 4. The lowest BCUT2D eigenvalue weighted by molar-refractivity contribution is 0.449. The number of rotatable bonds is 8. The van der Waals surface area contributed by atoms with Gasteiger partial charge in [-0.25, -0.2) is 0 Å². The molecule has 0 fully saturated rings. The van der Waals surface area contributed by atoms with Crippen LogP contribution in [-0.4, -0.2) is 20.4 Å². The number of phenols is 4. The van der Waals surface area contributed by atoms with Gasteiger partial charge in [-0.05, 0) is 116 Å². The summed E-state index contributed by atoms with van der Waals surface area (Å²) < 4.78 is 0. The van der Waals surface area contributed by atoms with Crippen molar-refractivity contribution in [2.45, 2.75) is 130 Å². The van der Waals surface area contributed by atoms with Crippen molar-refractivity contribution in [3.8, 4) is 23.0 Å². The van der Waals surface area contributed by atoms with Crippen LogP contribution >= 0.6 is 0 Å². The predicted octanol–water partition coefficient (Wildman–Crippen LogP) is 11.2. The molecule has 4 heteroatoms. The van der Waals surface area contributed by atoms with Gasteiger partial charge in [-0.2, -0.15) is 0 Å². The van der Waals surface area contributed by atoms with Crippen LogP contribution in [0, 0.1) is 0 Å². The van der Waals surface area contributed by atoms with Crippen LogP contribution in [0.1, 0.15) is 172 Å². The molecule has 5 rings (SSSR count). The van der Waals surface area contributed by atoms with Crippen molar-refractivity contribution < 1.29 is 20.4 Å². The SMILES string of the molecule is CC[C@@H](C)c1cc2c(O)c(c1)Cc1cc([C@@H](C)CC)cc(c1O)Cc1cc([C@@H](C)CC)cc(c1O)Cc1cc([C@H](C)CC)cc(c1O)C2. The smallest absolute Gasteiger partial charge is 0.122 e. The highest BCUT2D eigenvalue weighted by Gasteiger charge is 2.24. The monoisotopic (exact) mass is 648 g/mol. The zero-order chi connectivity index (χ0) is 34.9. The average molecular weight is 649 g/mol. The van der Waals surface area contributed by atoms with Crippen molar-refractivity contribution in [2.75, 3.05) is 0 Å². The molecule has 0 unspecified atom stereocenters. The van der Waals surface area contributed by atoms with Gasteiger partial charge in [-0.1, -0.05) is 104 Å². The Morgan fingerprint density at radius 2 is 0.500 bits per heavy atom. The molecule has 8 bridgehead atoms. The van der Waals surface area contributed by atoms with Crippen LogP contribution in [-0.2, 0) is 25.7 Å². The number of fused-ring (bicyclic) bond motifs is 8. The van der Waals surface area contributed by atoms with Gasteiger partial charge < -0.3 is 20.4 Å². The maximum absolute atomic E-state index is 11.9. The summed E-state index contributed by atoms with van der Waals surface area (Å²) in [5, 5.41) is 47.5. The summed E-state index contributed by atoms with van der Waals surface area (Å²) in [6, 6.07) is 16.8. The van der Waals surface area contributed by atoms with Gasteiger partial charge in [0.1, 0.15) is 23.0 Å². The van der Waals surface area contributed by atoms with Crippen molar-refractivity contribution in [2.24, 2.45) is 0 Å². The molecule has 0 amide bonds. The summed E-state index contributed by atoms with van der Waals surface area (Å²) in [5.41, 5.74) is 10.8. The zero-order valence-electron chi connectivity index (χ0n) is 30.4. The molecule has 256 valence electrons. The van der Waals surface area contributed by atoms with Crippen molar-refractivity contribution in [1.29, 1.82) is 0 Å². The van der Waals surface area contributed by atoms with Gasteiger partial charge in [0.25, 0.3) is 0 Å². The van der Waals surface area contributed by atoms with Crippen LogP contribution < -0.4 is 0 Å². The fourth-order valence-corrected chi connectivity index (χ4v) is 7.13. The van der Waals surface area contributed by atoms with Crippen LogP contribution in [0.25, 0.3) is 0 Å². The van der Waals surface area contributed by atoms with Gasteiger partial charge in [-0.3, -0.25) is 0 Å². The topological polar surface area (TPSA) is 80.9 Å². The highest BCUT2D eigenvalue weighted by atomic mass is 16.3. The Morgan fingerprint density at radius 1 is 0.354 bits per heavy atom. The Balaban J connectivity index is 1.84. The summed E-state index contributed by atoms with van der Waals surface area (Å²) >= 11 is 0. The first-order valence-corrected chi connectivity index (χ1v) is 18.3. The summed E-state index contributed by atoms with van der Waals surface area (Å²) in [6.07, 6.45) is 5.34. The molecule has 4 N–H and O–H groups in total. The third-order valence-electron chi connectivity index (χ3n) is 11.4. The second-order valence-electron chi connectivity index (χ2n) is 14.7. The van der Waals surface area contributed by atoms with E-state index in [2.05, 4.69) is 104 Å². The number of hydrogen-bond acceptors (Lipinski definition) is 4. The van der Waals surface area contributed by atoms with Gasteiger partial charge in [-0.15, -0.1) is 0 Å². The molecule has 0 aromatic heterocycles. The van der Waals surface area contributed by atoms with E-state index in [4.69, 9.17) is 0 Å². The quantitative estimate of drug-likeness (QED) is 0.135. The largest absolute Gasteiger partial charge is 0.507 e. The minimum absolute atomic E-state index is 0.222. The van der Waals surface area contributed by atoms with Crippen LogP contribution in [0.15, 0.2) is 48.5 Å². The maximum atomic E-state index is 11.9. The molecule has 4 aromatic carbocycles.